The van der Waals surface area contributed by atoms with E-state index >= 15 is 0 Å². The van der Waals surface area contributed by atoms with Crippen LogP contribution < -0.4 is 0 Å². The van der Waals surface area contributed by atoms with E-state index in [1.165, 1.54) is 67.2 Å². The molecule has 0 radical (unpaired) electrons. The zero-order valence-electron chi connectivity index (χ0n) is 16.3. The number of hydrogen-bond acceptors (Lipinski definition) is 0. The molecule has 1 aliphatic rings. The summed E-state index contributed by atoms with van der Waals surface area (Å²) in [4.78, 5) is 0. The van der Waals surface area contributed by atoms with Gasteiger partial charge in [-0.1, -0.05) is 62.3 Å². The summed E-state index contributed by atoms with van der Waals surface area (Å²) in [6.45, 7) is 16.1. The molecule has 1 atom stereocenters. The Morgan fingerprint density at radius 2 is 1.88 bits per heavy atom. The lowest BCUT2D eigenvalue weighted by molar-refractivity contribution is 0.630. The van der Waals surface area contributed by atoms with Gasteiger partial charge in [0.25, 0.3) is 0 Å². The van der Waals surface area contributed by atoms with Gasteiger partial charge in [0.15, 0.2) is 0 Å². The van der Waals surface area contributed by atoms with Crippen LogP contribution in [0.5, 0.6) is 0 Å². The number of allylic oxidation sites excluding steroid dienone is 3. The Morgan fingerprint density at radius 1 is 1.17 bits per heavy atom. The molecule has 24 heavy (non-hydrogen) atoms. The highest BCUT2D eigenvalue weighted by atomic mass is 14.2. The first kappa shape index (κ1) is 20.5. The van der Waals surface area contributed by atoms with Gasteiger partial charge in [0, 0.05) is 5.92 Å². The number of hydrogen-bond donors (Lipinski definition) is 0. The van der Waals surface area contributed by atoms with Gasteiger partial charge in [0.2, 0.25) is 0 Å². The Morgan fingerprint density at radius 3 is 2.46 bits per heavy atom. The quantitative estimate of drug-likeness (QED) is 0.370. The van der Waals surface area contributed by atoms with Gasteiger partial charge in [-0.2, -0.15) is 0 Å². The zero-order chi connectivity index (χ0) is 17.9. The van der Waals surface area contributed by atoms with Crippen LogP contribution in [0, 0.1) is 6.92 Å². The topological polar surface area (TPSA) is 0 Å². The third kappa shape index (κ3) is 6.15. The minimum absolute atomic E-state index is 0.594. The van der Waals surface area contributed by atoms with Gasteiger partial charge in [-0.25, -0.2) is 0 Å². The summed E-state index contributed by atoms with van der Waals surface area (Å²) < 4.78 is 0. The standard InChI is InChI=1S/C21H30.C3H6/c1-5-7-8-11-18-14-17(4)21(19(6-2)15-18)20-12-9-10-16(3)13-20;1-3-2/h6,13-15,20H,2,5,7-12H2,1,3-4H3;3H,1H2,2H3. The molecule has 0 aromatic heterocycles. The molecule has 132 valence electrons. The molecule has 0 heteroatoms. The average molecular weight is 325 g/mol. The Hall–Kier alpha value is -1.56. The van der Waals surface area contributed by atoms with Crippen LogP contribution in [-0.2, 0) is 6.42 Å². The molecule has 1 aliphatic carbocycles. The van der Waals surface area contributed by atoms with Gasteiger partial charge in [0.1, 0.15) is 0 Å². The van der Waals surface area contributed by atoms with E-state index in [0.29, 0.717) is 5.92 Å². The van der Waals surface area contributed by atoms with Gasteiger partial charge < -0.3 is 0 Å². The Balaban J connectivity index is 0.000000891. The van der Waals surface area contributed by atoms with Crippen LogP contribution in [0.1, 0.15) is 87.5 Å². The fraction of sp³-hybridized carbons (Fsp3) is 0.500. The van der Waals surface area contributed by atoms with Crippen molar-refractivity contribution < 1.29 is 0 Å². The van der Waals surface area contributed by atoms with Gasteiger partial charge in [-0.05, 0) is 75.1 Å². The lowest BCUT2D eigenvalue weighted by atomic mass is 9.81. The van der Waals surface area contributed by atoms with E-state index in [0.717, 1.165) is 0 Å². The molecule has 0 nitrogen and oxygen atoms in total. The summed E-state index contributed by atoms with van der Waals surface area (Å²) in [5.41, 5.74) is 7.36. The third-order valence-electron chi connectivity index (χ3n) is 4.71. The molecule has 2 rings (SSSR count). The molecule has 1 unspecified atom stereocenters. The van der Waals surface area contributed by atoms with Crippen LogP contribution in [-0.4, -0.2) is 0 Å². The van der Waals surface area contributed by atoms with Crippen molar-refractivity contribution >= 4 is 6.08 Å². The minimum atomic E-state index is 0.594. The van der Waals surface area contributed by atoms with Gasteiger partial charge in [-0.3, -0.25) is 0 Å². The van der Waals surface area contributed by atoms with Gasteiger partial charge in [0.05, 0.1) is 0 Å². The highest BCUT2D eigenvalue weighted by molar-refractivity contribution is 5.58. The highest BCUT2D eigenvalue weighted by Gasteiger charge is 2.18. The predicted molar refractivity (Wildman–Crippen MR) is 111 cm³/mol. The second kappa shape index (κ2) is 11.1. The van der Waals surface area contributed by atoms with E-state index in [1.54, 1.807) is 11.6 Å². The monoisotopic (exact) mass is 324 g/mol. The summed E-state index contributed by atoms with van der Waals surface area (Å²) in [5, 5.41) is 0. The second-order valence-electron chi connectivity index (χ2n) is 7.00. The molecule has 0 saturated carbocycles. The maximum Gasteiger partial charge on any atom is 0.00292 e. The van der Waals surface area contributed by atoms with Crippen molar-refractivity contribution in [1.82, 2.24) is 0 Å². The molecule has 1 aromatic carbocycles. The lowest BCUT2D eigenvalue weighted by Gasteiger charge is -2.24. The van der Waals surface area contributed by atoms with Crippen molar-refractivity contribution in [2.24, 2.45) is 0 Å². The van der Waals surface area contributed by atoms with Crippen molar-refractivity contribution in [1.29, 1.82) is 0 Å². The molecule has 0 saturated heterocycles. The van der Waals surface area contributed by atoms with E-state index < -0.39 is 0 Å². The molecule has 0 fully saturated rings. The first-order chi connectivity index (χ1) is 11.6. The first-order valence-electron chi connectivity index (χ1n) is 9.57. The van der Waals surface area contributed by atoms with E-state index in [2.05, 4.69) is 58.2 Å². The first-order valence-corrected chi connectivity index (χ1v) is 9.57. The van der Waals surface area contributed by atoms with Crippen molar-refractivity contribution in [2.75, 3.05) is 0 Å². The summed E-state index contributed by atoms with van der Waals surface area (Å²) in [6, 6.07) is 4.79. The minimum Gasteiger partial charge on any atom is -0.103 e. The van der Waals surface area contributed by atoms with Crippen LogP contribution in [0.4, 0.5) is 0 Å². The number of benzene rings is 1. The molecule has 0 N–H and O–H groups in total. The normalized spacial score (nSPS) is 16.7. The summed E-state index contributed by atoms with van der Waals surface area (Å²) in [5.74, 6) is 0.594. The molecular weight excluding hydrogens is 288 g/mol. The van der Waals surface area contributed by atoms with Crippen molar-refractivity contribution in [3.05, 3.63) is 65.3 Å². The van der Waals surface area contributed by atoms with Crippen molar-refractivity contribution in [3.63, 3.8) is 0 Å². The fourth-order valence-corrected chi connectivity index (χ4v) is 3.64. The third-order valence-corrected chi connectivity index (χ3v) is 4.71. The smallest absolute Gasteiger partial charge is 0.00292 e. The molecular formula is C24H36. The van der Waals surface area contributed by atoms with Crippen LogP contribution in [0.3, 0.4) is 0 Å². The van der Waals surface area contributed by atoms with Crippen LogP contribution in [0.2, 0.25) is 0 Å². The Labute approximate surface area is 150 Å². The Bertz CT molecular complexity index is 560. The predicted octanol–water partition coefficient (Wildman–Crippen LogP) is 7.78. The van der Waals surface area contributed by atoms with Gasteiger partial charge >= 0.3 is 0 Å². The van der Waals surface area contributed by atoms with E-state index in [-0.39, 0.29) is 0 Å². The van der Waals surface area contributed by atoms with E-state index in [4.69, 9.17) is 0 Å². The van der Waals surface area contributed by atoms with E-state index in [1.807, 2.05) is 6.92 Å². The SMILES string of the molecule is C=CC.C=Cc1cc(CCCCC)cc(C)c1C1C=C(C)CCC1. The number of rotatable bonds is 6. The summed E-state index contributed by atoms with van der Waals surface area (Å²) >= 11 is 0. The number of unbranched alkanes of at least 4 members (excludes halogenated alkanes) is 2. The average Bonchev–Trinajstić information content (AvgIpc) is 2.55. The maximum absolute atomic E-state index is 4.06. The molecule has 0 bridgehead atoms. The van der Waals surface area contributed by atoms with Gasteiger partial charge in [-0.15, -0.1) is 6.58 Å². The summed E-state index contributed by atoms with van der Waals surface area (Å²) in [7, 11) is 0. The second-order valence-corrected chi connectivity index (χ2v) is 7.00. The van der Waals surface area contributed by atoms with Crippen molar-refractivity contribution in [2.45, 2.75) is 78.6 Å². The maximum atomic E-state index is 4.06. The van der Waals surface area contributed by atoms with Crippen LogP contribution in [0.25, 0.3) is 6.08 Å². The molecule has 0 amide bonds. The Kier molecular flexibility index (Phi) is 9.45. The van der Waals surface area contributed by atoms with Crippen LogP contribution in [0.15, 0.2) is 43.0 Å². The van der Waals surface area contributed by atoms with E-state index in [9.17, 15) is 0 Å². The molecule has 0 heterocycles. The largest absolute Gasteiger partial charge is 0.103 e. The number of aryl methyl sites for hydroxylation is 2. The molecule has 0 spiro atoms. The molecule has 1 aromatic rings. The summed E-state index contributed by atoms with van der Waals surface area (Å²) in [6.07, 6.45) is 15.3. The fourth-order valence-electron chi connectivity index (χ4n) is 3.64. The lowest BCUT2D eigenvalue weighted by Crippen LogP contribution is -2.07. The molecule has 0 aliphatic heterocycles. The van der Waals surface area contributed by atoms with Crippen LogP contribution >= 0.6 is 0 Å². The highest BCUT2D eigenvalue weighted by Crippen LogP contribution is 2.36. The zero-order valence-corrected chi connectivity index (χ0v) is 16.3. The van der Waals surface area contributed by atoms with Crippen molar-refractivity contribution in [3.8, 4) is 0 Å².